The van der Waals surface area contributed by atoms with Crippen LogP contribution in [0.5, 0.6) is 5.75 Å². The molecule has 3 aromatic rings. The Bertz CT molecular complexity index is 950. The first-order valence-corrected chi connectivity index (χ1v) is 9.63. The summed E-state index contributed by atoms with van der Waals surface area (Å²) < 4.78 is 5.68. The summed E-state index contributed by atoms with van der Waals surface area (Å²) in [6.45, 7) is 5.35. The summed E-state index contributed by atoms with van der Waals surface area (Å²) in [7, 11) is 0. The smallest absolute Gasteiger partial charge is 0.226 e. The van der Waals surface area contributed by atoms with E-state index in [2.05, 4.69) is 9.88 Å². The fourth-order valence-electron chi connectivity index (χ4n) is 3.33. The number of hydrogen-bond acceptors (Lipinski definition) is 5. The van der Waals surface area contributed by atoms with Gasteiger partial charge in [0, 0.05) is 26.2 Å². The van der Waals surface area contributed by atoms with Crippen molar-refractivity contribution in [1.82, 2.24) is 14.9 Å². The van der Waals surface area contributed by atoms with E-state index in [-0.39, 0.29) is 5.91 Å². The van der Waals surface area contributed by atoms with Crippen LogP contribution < -0.4 is 9.64 Å². The monoisotopic (exact) mass is 376 g/mol. The molecule has 0 bridgehead atoms. The van der Waals surface area contributed by atoms with E-state index in [1.54, 1.807) is 0 Å². The lowest BCUT2D eigenvalue weighted by Gasteiger charge is -2.35. The van der Waals surface area contributed by atoms with Gasteiger partial charge in [-0.2, -0.15) is 0 Å². The van der Waals surface area contributed by atoms with E-state index >= 15 is 0 Å². The van der Waals surface area contributed by atoms with Crippen molar-refractivity contribution < 1.29 is 9.53 Å². The number of amides is 1. The minimum absolute atomic E-state index is 0.136. The summed E-state index contributed by atoms with van der Waals surface area (Å²) in [5, 5.41) is 0. The van der Waals surface area contributed by atoms with Crippen molar-refractivity contribution >= 4 is 22.8 Å². The zero-order valence-electron chi connectivity index (χ0n) is 16.0. The number of piperazine rings is 1. The third-order valence-electron chi connectivity index (χ3n) is 5.00. The molecule has 144 valence electrons. The van der Waals surface area contributed by atoms with Crippen LogP contribution >= 0.6 is 0 Å². The van der Waals surface area contributed by atoms with Crippen LogP contribution in [-0.2, 0) is 4.79 Å². The highest BCUT2D eigenvalue weighted by Crippen LogP contribution is 2.17. The summed E-state index contributed by atoms with van der Waals surface area (Å²) in [6.07, 6.45) is 2.21. The Morgan fingerprint density at radius 3 is 2.46 bits per heavy atom. The SMILES string of the molecule is Cc1ccc(OCCC(=O)N2CCN(c3cnc4ccccc4n3)CC2)cc1. The summed E-state index contributed by atoms with van der Waals surface area (Å²) >= 11 is 0. The minimum Gasteiger partial charge on any atom is -0.493 e. The van der Waals surface area contributed by atoms with Crippen molar-refractivity contribution in [1.29, 1.82) is 0 Å². The van der Waals surface area contributed by atoms with Crippen molar-refractivity contribution in [3.63, 3.8) is 0 Å². The van der Waals surface area contributed by atoms with Gasteiger partial charge in [-0.1, -0.05) is 29.8 Å². The van der Waals surface area contributed by atoms with Gasteiger partial charge >= 0.3 is 0 Å². The second-order valence-corrected chi connectivity index (χ2v) is 7.00. The van der Waals surface area contributed by atoms with E-state index in [0.717, 1.165) is 35.7 Å². The van der Waals surface area contributed by atoms with E-state index in [9.17, 15) is 4.79 Å². The summed E-state index contributed by atoms with van der Waals surface area (Å²) in [4.78, 5) is 25.7. The average Bonchev–Trinajstić information content (AvgIpc) is 2.75. The van der Waals surface area contributed by atoms with Gasteiger partial charge in [-0.3, -0.25) is 9.78 Å². The number of para-hydroxylation sites is 2. The molecule has 6 nitrogen and oxygen atoms in total. The number of nitrogens with zero attached hydrogens (tertiary/aromatic N) is 4. The number of fused-ring (bicyclic) bond motifs is 1. The maximum atomic E-state index is 12.5. The lowest BCUT2D eigenvalue weighted by Crippen LogP contribution is -2.49. The zero-order chi connectivity index (χ0) is 19.3. The lowest BCUT2D eigenvalue weighted by molar-refractivity contribution is -0.132. The lowest BCUT2D eigenvalue weighted by atomic mass is 10.2. The third-order valence-corrected chi connectivity index (χ3v) is 5.00. The first-order chi connectivity index (χ1) is 13.7. The number of aryl methyl sites for hydroxylation is 1. The predicted octanol–water partition coefficient (Wildman–Crippen LogP) is 3.06. The molecule has 2 heterocycles. The molecule has 1 fully saturated rings. The number of hydrogen-bond donors (Lipinski definition) is 0. The highest BCUT2D eigenvalue weighted by molar-refractivity contribution is 5.77. The molecular weight excluding hydrogens is 352 g/mol. The van der Waals surface area contributed by atoms with Crippen molar-refractivity contribution in [2.24, 2.45) is 0 Å². The number of ether oxygens (including phenoxy) is 1. The Morgan fingerprint density at radius 1 is 1.00 bits per heavy atom. The molecule has 0 atom stereocenters. The topological polar surface area (TPSA) is 58.6 Å². The number of carbonyl (C=O) groups is 1. The largest absolute Gasteiger partial charge is 0.493 e. The Kier molecular flexibility index (Phi) is 5.37. The molecule has 6 heteroatoms. The number of carbonyl (C=O) groups excluding carboxylic acids is 1. The van der Waals surface area contributed by atoms with Gasteiger partial charge in [0.05, 0.1) is 30.3 Å². The van der Waals surface area contributed by atoms with Gasteiger partial charge in [0.25, 0.3) is 0 Å². The number of rotatable bonds is 5. The molecule has 0 saturated carbocycles. The van der Waals surface area contributed by atoms with Crippen LogP contribution in [0.15, 0.2) is 54.7 Å². The van der Waals surface area contributed by atoms with E-state index < -0.39 is 0 Å². The maximum Gasteiger partial charge on any atom is 0.226 e. The standard InChI is InChI=1S/C22H24N4O2/c1-17-6-8-18(9-7-17)28-15-10-22(27)26-13-11-25(12-14-26)21-16-23-19-4-2-3-5-20(19)24-21/h2-9,16H,10-15H2,1H3. The molecule has 28 heavy (non-hydrogen) atoms. The van der Waals surface area contributed by atoms with Crippen molar-refractivity contribution in [2.75, 3.05) is 37.7 Å². The van der Waals surface area contributed by atoms with Crippen LogP contribution in [0.25, 0.3) is 11.0 Å². The quantitative estimate of drug-likeness (QED) is 0.685. The molecule has 1 amide bonds. The molecule has 0 spiro atoms. The van der Waals surface area contributed by atoms with Crippen LogP contribution in [0, 0.1) is 6.92 Å². The van der Waals surface area contributed by atoms with Gasteiger partial charge in [-0.05, 0) is 31.2 Å². The Balaban J connectivity index is 1.27. The van der Waals surface area contributed by atoms with Gasteiger partial charge in [-0.25, -0.2) is 4.98 Å². The normalized spacial score (nSPS) is 14.3. The molecule has 0 N–H and O–H groups in total. The molecule has 0 aliphatic carbocycles. The molecule has 1 aliphatic rings. The molecule has 1 aromatic heterocycles. The van der Waals surface area contributed by atoms with Gasteiger partial charge in [0.2, 0.25) is 5.91 Å². The molecule has 0 unspecified atom stereocenters. The van der Waals surface area contributed by atoms with Crippen LogP contribution in [0.1, 0.15) is 12.0 Å². The Hall–Kier alpha value is -3.15. The number of aromatic nitrogens is 2. The summed E-state index contributed by atoms with van der Waals surface area (Å²) in [5.41, 5.74) is 2.98. The highest BCUT2D eigenvalue weighted by atomic mass is 16.5. The second-order valence-electron chi connectivity index (χ2n) is 7.00. The minimum atomic E-state index is 0.136. The molecule has 0 radical (unpaired) electrons. The first-order valence-electron chi connectivity index (χ1n) is 9.63. The van der Waals surface area contributed by atoms with Crippen LogP contribution in [0.4, 0.5) is 5.82 Å². The van der Waals surface area contributed by atoms with Crippen molar-refractivity contribution in [3.05, 3.63) is 60.3 Å². The summed E-state index contributed by atoms with van der Waals surface area (Å²) in [5.74, 6) is 1.81. The second kappa shape index (κ2) is 8.25. The molecular formula is C22H24N4O2. The van der Waals surface area contributed by atoms with Crippen LogP contribution in [0.2, 0.25) is 0 Å². The average molecular weight is 376 g/mol. The van der Waals surface area contributed by atoms with E-state index in [0.29, 0.717) is 26.1 Å². The zero-order valence-corrected chi connectivity index (χ0v) is 16.0. The van der Waals surface area contributed by atoms with E-state index in [1.807, 2.05) is 66.6 Å². The van der Waals surface area contributed by atoms with Crippen LogP contribution in [-0.4, -0.2) is 53.6 Å². The highest BCUT2D eigenvalue weighted by Gasteiger charge is 2.22. The van der Waals surface area contributed by atoms with Gasteiger partial charge in [0.15, 0.2) is 0 Å². The number of anilines is 1. The van der Waals surface area contributed by atoms with Crippen molar-refractivity contribution in [3.8, 4) is 5.75 Å². The van der Waals surface area contributed by atoms with E-state index in [1.165, 1.54) is 5.56 Å². The Morgan fingerprint density at radius 2 is 1.71 bits per heavy atom. The number of benzene rings is 2. The Labute approximate surface area is 164 Å². The molecule has 1 saturated heterocycles. The van der Waals surface area contributed by atoms with Crippen molar-refractivity contribution in [2.45, 2.75) is 13.3 Å². The van der Waals surface area contributed by atoms with Gasteiger partial charge in [0.1, 0.15) is 11.6 Å². The van der Waals surface area contributed by atoms with E-state index in [4.69, 9.17) is 9.72 Å². The third kappa shape index (κ3) is 4.22. The molecule has 2 aromatic carbocycles. The predicted molar refractivity (Wildman–Crippen MR) is 110 cm³/mol. The fourth-order valence-corrected chi connectivity index (χ4v) is 3.33. The molecule has 4 rings (SSSR count). The first kappa shape index (κ1) is 18.2. The molecule has 1 aliphatic heterocycles. The fraction of sp³-hybridized carbons (Fsp3) is 0.318. The van der Waals surface area contributed by atoms with Gasteiger partial charge < -0.3 is 14.5 Å². The van der Waals surface area contributed by atoms with Gasteiger partial charge in [-0.15, -0.1) is 0 Å². The maximum absolute atomic E-state index is 12.5. The summed E-state index contributed by atoms with van der Waals surface area (Å²) in [6, 6.07) is 15.7. The van der Waals surface area contributed by atoms with Crippen LogP contribution in [0.3, 0.4) is 0 Å².